The van der Waals surface area contributed by atoms with Crippen molar-refractivity contribution in [3.05, 3.63) is 72.1 Å². The zero-order valence-corrected chi connectivity index (χ0v) is 21.9. The summed E-state index contributed by atoms with van der Waals surface area (Å²) in [6.07, 6.45) is -9.85. The van der Waals surface area contributed by atoms with E-state index in [4.69, 9.17) is 0 Å². The lowest BCUT2D eigenvalue weighted by atomic mass is 9.82. The number of hydrogen-bond acceptors (Lipinski definition) is 0. The molecule has 10 heteroatoms. The van der Waals surface area contributed by atoms with E-state index in [-0.39, 0.29) is 8.95 Å². The summed E-state index contributed by atoms with van der Waals surface area (Å²) in [7, 11) is 0. The molecular weight excluding hydrogens is 578 g/mol. The number of benzene rings is 2. The van der Waals surface area contributed by atoms with Gasteiger partial charge in [0.15, 0.2) is 0 Å². The van der Waals surface area contributed by atoms with Gasteiger partial charge in [0.1, 0.15) is 0 Å². The van der Waals surface area contributed by atoms with Gasteiger partial charge in [-0.15, -0.1) is 0 Å². The number of halogens is 8. The monoisotopic (exact) mass is 598 g/mol. The van der Waals surface area contributed by atoms with Gasteiger partial charge in [0.2, 0.25) is 0 Å². The largest absolute Gasteiger partial charge is 0.417 e. The molecule has 2 aromatic rings. The van der Waals surface area contributed by atoms with Crippen molar-refractivity contribution in [1.29, 1.82) is 0 Å². The van der Waals surface area contributed by atoms with Crippen LogP contribution in [0, 0.1) is 0 Å². The SMILES string of the molecule is CC(C)(C)c1cc(Br)c(C(=[N+]=[N-])c2c(Br)cc(C(C)(C)C)cc2C(F)(F)F)c(C(F)(F)F)c1. The Bertz CT molecular complexity index is 1050. The topological polar surface area (TPSA) is 36.4 Å². The van der Waals surface area contributed by atoms with Crippen molar-refractivity contribution in [3.8, 4) is 0 Å². The second kappa shape index (κ2) is 8.86. The lowest BCUT2D eigenvalue weighted by molar-refractivity contribution is -0.138. The molecule has 0 radical (unpaired) electrons. The molecule has 0 spiro atoms. The zero-order valence-electron chi connectivity index (χ0n) is 18.7. The van der Waals surface area contributed by atoms with Crippen molar-refractivity contribution < 1.29 is 31.1 Å². The molecule has 0 bridgehead atoms. The Kier molecular flexibility index (Phi) is 7.41. The lowest BCUT2D eigenvalue weighted by Gasteiger charge is -2.24. The molecule has 0 unspecified atom stereocenters. The predicted molar refractivity (Wildman–Crippen MR) is 123 cm³/mol. The molecule has 0 aliphatic heterocycles. The minimum absolute atomic E-state index is 0.144. The quantitative estimate of drug-likeness (QED) is 0.143. The van der Waals surface area contributed by atoms with Crippen molar-refractivity contribution in [3.63, 3.8) is 0 Å². The van der Waals surface area contributed by atoms with Crippen LogP contribution < -0.4 is 0 Å². The van der Waals surface area contributed by atoms with Crippen LogP contribution in [0.2, 0.25) is 0 Å². The standard InChI is InChI=1S/C23H22Br2F6N2/c1-20(2,3)11-7-13(22(26,27)28)17(15(24)9-11)19(33-32)18-14(23(29,30)31)8-12(10-16(18)25)21(4,5)6/h7-10H,1-6H3. The van der Waals surface area contributed by atoms with Gasteiger partial charge in [-0.1, -0.05) is 41.5 Å². The molecule has 0 aliphatic rings. The van der Waals surface area contributed by atoms with E-state index < -0.39 is 51.1 Å². The average molecular weight is 600 g/mol. The Hall–Kier alpha value is -1.64. The summed E-state index contributed by atoms with van der Waals surface area (Å²) in [5.41, 5.74) is 4.34. The number of alkyl halides is 6. The smallest absolute Gasteiger partial charge is 0.361 e. The Morgan fingerprint density at radius 3 is 1.18 bits per heavy atom. The Balaban J connectivity index is 3.03. The van der Waals surface area contributed by atoms with Crippen LogP contribution in [0.15, 0.2) is 33.2 Å². The molecule has 0 fully saturated rings. The predicted octanol–water partition coefficient (Wildman–Crippen LogP) is 8.91. The highest BCUT2D eigenvalue weighted by molar-refractivity contribution is 9.11. The maximum Gasteiger partial charge on any atom is 0.417 e. The van der Waals surface area contributed by atoms with Gasteiger partial charge in [0.25, 0.3) is 0 Å². The van der Waals surface area contributed by atoms with Gasteiger partial charge < -0.3 is 5.53 Å². The number of rotatable bonds is 2. The highest BCUT2D eigenvalue weighted by atomic mass is 79.9. The fraction of sp³-hybridized carbons (Fsp3) is 0.435. The van der Waals surface area contributed by atoms with E-state index in [2.05, 4.69) is 36.6 Å². The first-order valence-electron chi connectivity index (χ1n) is 9.74. The number of hydrogen-bond donors (Lipinski definition) is 0. The Morgan fingerprint density at radius 1 is 0.667 bits per heavy atom. The van der Waals surface area contributed by atoms with Gasteiger partial charge in [0, 0.05) is 8.95 Å². The molecule has 0 heterocycles. The van der Waals surface area contributed by atoms with E-state index in [1.807, 2.05) is 0 Å². The van der Waals surface area contributed by atoms with E-state index in [1.54, 1.807) is 41.5 Å². The van der Waals surface area contributed by atoms with Crippen molar-refractivity contribution in [2.45, 2.75) is 64.7 Å². The van der Waals surface area contributed by atoms with Crippen molar-refractivity contribution in [2.24, 2.45) is 0 Å². The molecule has 2 nitrogen and oxygen atoms in total. The summed E-state index contributed by atoms with van der Waals surface area (Å²) in [5, 5.41) is 0. The van der Waals surface area contributed by atoms with Crippen molar-refractivity contribution >= 4 is 37.6 Å². The maximum atomic E-state index is 14.1. The molecule has 180 valence electrons. The van der Waals surface area contributed by atoms with Crippen LogP contribution in [0.5, 0.6) is 0 Å². The van der Waals surface area contributed by atoms with E-state index in [1.165, 1.54) is 12.1 Å². The Morgan fingerprint density at radius 2 is 0.970 bits per heavy atom. The summed E-state index contributed by atoms with van der Waals surface area (Å²) in [6.45, 7) is 10.2. The van der Waals surface area contributed by atoms with Crippen molar-refractivity contribution in [1.82, 2.24) is 0 Å². The van der Waals surface area contributed by atoms with Crippen LogP contribution in [-0.2, 0) is 23.2 Å². The molecule has 0 saturated carbocycles. The van der Waals surface area contributed by atoms with Gasteiger partial charge in [-0.2, -0.15) is 31.1 Å². The summed E-state index contributed by atoms with van der Waals surface area (Å²) < 4.78 is 84.2. The second-order valence-electron chi connectivity index (χ2n) is 9.71. The second-order valence-corrected chi connectivity index (χ2v) is 11.4. The third-order valence-electron chi connectivity index (χ3n) is 5.10. The molecule has 0 aromatic heterocycles. The molecule has 2 aromatic carbocycles. The van der Waals surface area contributed by atoms with Gasteiger partial charge in [-0.3, -0.25) is 0 Å². The Labute approximate surface area is 205 Å². The molecule has 0 amide bonds. The highest BCUT2D eigenvalue weighted by Gasteiger charge is 2.44. The van der Waals surface area contributed by atoms with E-state index in [0.29, 0.717) is 11.1 Å². The lowest BCUT2D eigenvalue weighted by Crippen LogP contribution is -2.23. The normalized spacial score (nSPS) is 13.2. The van der Waals surface area contributed by atoms with Crippen molar-refractivity contribution in [2.75, 3.05) is 0 Å². The van der Waals surface area contributed by atoms with E-state index in [0.717, 1.165) is 12.1 Å². The zero-order chi connectivity index (χ0) is 25.7. The first-order chi connectivity index (χ1) is 14.7. The van der Waals surface area contributed by atoms with Crippen LogP contribution in [0.4, 0.5) is 26.3 Å². The van der Waals surface area contributed by atoms with Crippen LogP contribution in [0.3, 0.4) is 0 Å². The van der Waals surface area contributed by atoms with Crippen LogP contribution >= 0.6 is 31.9 Å². The van der Waals surface area contributed by atoms with Crippen LogP contribution in [0.1, 0.15) is 74.9 Å². The molecule has 0 aliphatic carbocycles. The highest BCUT2D eigenvalue weighted by Crippen LogP contribution is 2.44. The molecule has 0 saturated heterocycles. The first kappa shape index (κ1) is 27.6. The fourth-order valence-corrected chi connectivity index (χ4v) is 4.53. The summed E-state index contributed by atoms with van der Waals surface area (Å²) >= 11 is 6.16. The van der Waals surface area contributed by atoms with Gasteiger partial charge in [-0.05, 0) is 78.1 Å². The van der Waals surface area contributed by atoms with E-state index in [9.17, 15) is 31.9 Å². The molecule has 0 atom stereocenters. The fourth-order valence-electron chi connectivity index (χ4n) is 3.23. The minimum Gasteiger partial charge on any atom is -0.361 e. The van der Waals surface area contributed by atoms with E-state index >= 15 is 0 Å². The molecule has 2 rings (SSSR count). The van der Waals surface area contributed by atoms with Gasteiger partial charge in [-0.25, -0.2) is 0 Å². The summed E-state index contributed by atoms with van der Waals surface area (Å²) in [5.74, 6) is 0. The molecule has 33 heavy (non-hydrogen) atoms. The summed E-state index contributed by atoms with van der Waals surface area (Å²) in [4.78, 5) is 2.94. The average Bonchev–Trinajstić information content (AvgIpc) is 2.60. The molecular formula is C23H22Br2F6N2. The first-order valence-corrected chi connectivity index (χ1v) is 11.3. The third-order valence-corrected chi connectivity index (χ3v) is 6.35. The van der Waals surface area contributed by atoms with Gasteiger partial charge >= 0.3 is 18.1 Å². The minimum atomic E-state index is -4.93. The van der Waals surface area contributed by atoms with Crippen LogP contribution in [0.25, 0.3) is 5.53 Å². The molecule has 0 N–H and O–H groups in total. The van der Waals surface area contributed by atoms with Crippen LogP contribution in [-0.4, -0.2) is 10.5 Å². The number of nitrogens with zero attached hydrogens (tertiary/aromatic N) is 2. The third kappa shape index (κ3) is 5.89. The van der Waals surface area contributed by atoms with Gasteiger partial charge in [0.05, 0.1) is 22.3 Å². The maximum absolute atomic E-state index is 14.1. The summed E-state index contributed by atoms with van der Waals surface area (Å²) in [6, 6.07) is 4.52.